The van der Waals surface area contributed by atoms with Crippen molar-refractivity contribution in [1.82, 2.24) is 0 Å². The molecule has 3 fully saturated rings. The van der Waals surface area contributed by atoms with Crippen molar-refractivity contribution in [1.29, 1.82) is 0 Å². The van der Waals surface area contributed by atoms with Crippen molar-refractivity contribution in [2.75, 3.05) is 6.61 Å². The second kappa shape index (κ2) is 8.63. The Kier molecular flexibility index (Phi) is 6.75. The zero-order chi connectivity index (χ0) is 21.4. The first-order chi connectivity index (χ1) is 13.5. The Morgan fingerprint density at radius 1 is 1.10 bits per heavy atom. The zero-order valence-corrected chi connectivity index (χ0v) is 18.7. The molecule has 7 heteroatoms. The zero-order valence-electron chi connectivity index (χ0n) is 18.7. The van der Waals surface area contributed by atoms with Crippen LogP contribution in [0, 0.1) is 11.8 Å². The normalized spacial score (nSPS) is 36.6. The highest BCUT2D eigenvalue weighted by molar-refractivity contribution is 5.75. The van der Waals surface area contributed by atoms with E-state index in [0.29, 0.717) is 6.61 Å². The molecule has 0 N–H and O–H groups in total. The van der Waals surface area contributed by atoms with Gasteiger partial charge >= 0.3 is 5.97 Å². The Labute approximate surface area is 174 Å². The van der Waals surface area contributed by atoms with Gasteiger partial charge < -0.3 is 28.4 Å². The summed E-state index contributed by atoms with van der Waals surface area (Å²) < 4.78 is 35.7. The van der Waals surface area contributed by atoms with Crippen molar-refractivity contribution in [3.63, 3.8) is 0 Å². The molecule has 3 heterocycles. The lowest BCUT2D eigenvalue weighted by Gasteiger charge is -2.30. The van der Waals surface area contributed by atoms with E-state index in [-0.39, 0.29) is 23.9 Å². The van der Waals surface area contributed by atoms with Gasteiger partial charge in [-0.15, -0.1) is 0 Å². The topological polar surface area (TPSA) is 72.5 Å². The lowest BCUT2D eigenvalue weighted by molar-refractivity contribution is -0.235. The summed E-state index contributed by atoms with van der Waals surface area (Å²) in [5.41, 5.74) is 0. The van der Waals surface area contributed by atoms with Crippen LogP contribution in [0.1, 0.15) is 61.3 Å². The van der Waals surface area contributed by atoms with E-state index in [1.54, 1.807) is 0 Å². The van der Waals surface area contributed by atoms with Gasteiger partial charge in [0.15, 0.2) is 30.1 Å². The molecule has 3 rings (SSSR count). The Morgan fingerprint density at radius 2 is 1.83 bits per heavy atom. The lowest BCUT2D eigenvalue weighted by Crippen LogP contribution is -2.46. The van der Waals surface area contributed by atoms with E-state index in [9.17, 15) is 4.79 Å². The maximum absolute atomic E-state index is 13.1. The SMILES string of the molecule is CCC/C=C\[C@H](C(=O)O[C@@H]1[C@H]2OC(C)(C)O[C@H]2O[C@@H]1[C@H]1COC(C)(C)O1)C(C)C. The van der Waals surface area contributed by atoms with E-state index in [1.807, 2.05) is 53.7 Å². The fraction of sp³-hybridized carbons (Fsp3) is 0.864. The molecule has 0 aliphatic carbocycles. The predicted octanol–water partition coefficient (Wildman–Crippen LogP) is 3.55. The largest absolute Gasteiger partial charge is 0.456 e. The van der Waals surface area contributed by atoms with Gasteiger partial charge in [0.1, 0.15) is 12.2 Å². The lowest BCUT2D eigenvalue weighted by atomic mass is 9.94. The summed E-state index contributed by atoms with van der Waals surface area (Å²) in [6.07, 6.45) is 3.36. The molecular formula is C22H36O7. The molecule has 0 aromatic carbocycles. The molecule has 0 bridgehead atoms. The van der Waals surface area contributed by atoms with Crippen LogP contribution in [0.5, 0.6) is 0 Å². The van der Waals surface area contributed by atoms with E-state index in [0.717, 1.165) is 12.8 Å². The summed E-state index contributed by atoms with van der Waals surface area (Å²) in [4.78, 5) is 13.1. The summed E-state index contributed by atoms with van der Waals surface area (Å²) in [7, 11) is 0. The van der Waals surface area contributed by atoms with Crippen molar-refractivity contribution >= 4 is 5.97 Å². The number of ether oxygens (including phenoxy) is 6. The molecule has 0 spiro atoms. The predicted molar refractivity (Wildman–Crippen MR) is 106 cm³/mol. The summed E-state index contributed by atoms with van der Waals surface area (Å²) in [6.45, 7) is 13.9. The highest BCUT2D eigenvalue weighted by atomic mass is 16.8. The van der Waals surface area contributed by atoms with Crippen LogP contribution in [0.3, 0.4) is 0 Å². The second-order valence-corrected chi connectivity index (χ2v) is 9.32. The number of esters is 1. The van der Waals surface area contributed by atoms with Crippen molar-refractivity contribution in [2.24, 2.45) is 11.8 Å². The first-order valence-electron chi connectivity index (χ1n) is 10.7. The van der Waals surface area contributed by atoms with E-state index in [4.69, 9.17) is 28.4 Å². The average Bonchev–Trinajstić information content (AvgIpc) is 3.21. The maximum atomic E-state index is 13.1. The third kappa shape index (κ3) is 5.20. The number of fused-ring (bicyclic) bond motifs is 1. The fourth-order valence-electron chi connectivity index (χ4n) is 4.01. The van der Waals surface area contributed by atoms with Gasteiger partial charge in [-0.05, 0) is 40.0 Å². The van der Waals surface area contributed by atoms with Gasteiger partial charge in [0.05, 0.1) is 12.5 Å². The molecule has 0 unspecified atom stereocenters. The quantitative estimate of drug-likeness (QED) is 0.468. The molecule has 0 radical (unpaired) electrons. The maximum Gasteiger partial charge on any atom is 0.313 e. The number of allylic oxidation sites excluding steroid dienone is 1. The van der Waals surface area contributed by atoms with Crippen LogP contribution in [-0.2, 0) is 33.2 Å². The second-order valence-electron chi connectivity index (χ2n) is 9.32. The number of hydrogen-bond acceptors (Lipinski definition) is 7. The van der Waals surface area contributed by atoms with Gasteiger partial charge in [-0.1, -0.05) is 39.3 Å². The van der Waals surface area contributed by atoms with Gasteiger partial charge in [0.2, 0.25) is 0 Å². The standard InChI is InChI=1S/C22H36O7/c1-8-9-10-11-14(13(2)3)19(23)25-17-16(15-12-24-21(4,5)27-15)26-20-18(17)28-22(6,7)29-20/h10-11,13-18,20H,8-9,12H2,1-7H3/b11-10-/t14-,15+,16+,17-,18+,20+/m0/s1. The molecule has 3 aliphatic rings. The van der Waals surface area contributed by atoms with Crippen molar-refractivity contribution in [3.05, 3.63) is 12.2 Å². The molecule has 3 aliphatic heterocycles. The Balaban J connectivity index is 1.77. The molecule has 7 nitrogen and oxygen atoms in total. The van der Waals surface area contributed by atoms with E-state index < -0.39 is 36.2 Å². The van der Waals surface area contributed by atoms with Gasteiger partial charge in [0, 0.05) is 0 Å². The Bertz CT molecular complexity index is 612. The van der Waals surface area contributed by atoms with Crippen LogP contribution >= 0.6 is 0 Å². The molecule has 0 amide bonds. The Morgan fingerprint density at radius 3 is 2.41 bits per heavy atom. The summed E-state index contributed by atoms with van der Waals surface area (Å²) >= 11 is 0. The van der Waals surface area contributed by atoms with Crippen LogP contribution in [0.2, 0.25) is 0 Å². The molecule has 29 heavy (non-hydrogen) atoms. The third-order valence-corrected chi connectivity index (χ3v) is 5.47. The molecule has 3 saturated heterocycles. The van der Waals surface area contributed by atoms with E-state index in [2.05, 4.69) is 6.92 Å². The molecule has 166 valence electrons. The number of carbonyl (C=O) groups is 1. The third-order valence-electron chi connectivity index (χ3n) is 5.47. The smallest absolute Gasteiger partial charge is 0.313 e. The van der Waals surface area contributed by atoms with Gasteiger partial charge in [-0.25, -0.2) is 0 Å². The minimum Gasteiger partial charge on any atom is -0.456 e. The van der Waals surface area contributed by atoms with Crippen molar-refractivity contribution in [2.45, 2.75) is 104 Å². The van der Waals surface area contributed by atoms with E-state index >= 15 is 0 Å². The minimum atomic E-state index is -0.796. The van der Waals surface area contributed by atoms with Crippen LogP contribution in [0.4, 0.5) is 0 Å². The summed E-state index contributed by atoms with van der Waals surface area (Å²) in [6, 6.07) is 0. The van der Waals surface area contributed by atoms with Crippen LogP contribution in [0.15, 0.2) is 12.2 Å². The average molecular weight is 413 g/mol. The highest BCUT2D eigenvalue weighted by Gasteiger charge is 2.60. The monoisotopic (exact) mass is 412 g/mol. The number of unbranched alkanes of at least 4 members (excludes halogenated alkanes) is 1. The molecule has 0 aromatic heterocycles. The number of carbonyl (C=O) groups excluding carboxylic acids is 1. The molecule has 6 atom stereocenters. The minimum absolute atomic E-state index is 0.120. The van der Waals surface area contributed by atoms with Gasteiger partial charge in [-0.3, -0.25) is 4.79 Å². The Hall–Kier alpha value is -0.990. The van der Waals surface area contributed by atoms with Crippen LogP contribution < -0.4 is 0 Å². The highest BCUT2D eigenvalue weighted by Crippen LogP contribution is 2.42. The van der Waals surface area contributed by atoms with Gasteiger partial charge in [-0.2, -0.15) is 0 Å². The molecular weight excluding hydrogens is 376 g/mol. The summed E-state index contributed by atoms with van der Waals surface area (Å²) in [5, 5.41) is 0. The van der Waals surface area contributed by atoms with Gasteiger partial charge in [0.25, 0.3) is 0 Å². The number of hydrogen-bond donors (Lipinski definition) is 0. The number of rotatable bonds is 7. The fourth-order valence-corrected chi connectivity index (χ4v) is 4.01. The van der Waals surface area contributed by atoms with Crippen LogP contribution in [0.25, 0.3) is 0 Å². The van der Waals surface area contributed by atoms with Crippen molar-refractivity contribution in [3.8, 4) is 0 Å². The van der Waals surface area contributed by atoms with E-state index in [1.165, 1.54) is 0 Å². The van der Waals surface area contributed by atoms with Crippen LogP contribution in [-0.4, -0.2) is 54.9 Å². The summed E-state index contributed by atoms with van der Waals surface area (Å²) in [5.74, 6) is -1.98. The molecule has 0 aromatic rings. The van der Waals surface area contributed by atoms with Crippen molar-refractivity contribution < 1.29 is 33.2 Å². The first kappa shape index (κ1) is 22.7. The molecule has 0 saturated carbocycles. The first-order valence-corrected chi connectivity index (χ1v) is 10.7.